The first kappa shape index (κ1) is 21.2. The monoisotopic (exact) mass is 466 g/mol. The smallest absolute Gasteiger partial charge is 0.321 e. The van der Waals surface area contributed by atoms with E-state index in [4.69, 9.17) is 10.7 Å². The number of imidazole rings is 1. The number of aromatic nitrogens is 5. The van der Waals surface area contributed by atoms with Gasteiger partial charge >= 0.3 is 6.03 Å². The molecule has 1 aliphatic heterocycles. The van der Waals surface area contributed by atoms with Crippen molar-refractivity contribution in [3.05, 3.63) is 72.6 Å². The number of urea groups is 1. The molecule has 5 aromatic rings. The van der Waals surface area contributed by atoms with Gasteiger partial charge < -0.3 is 20.9 Å². The highest BCUT2D eigenvalue weighted by molar-refractivity contribution is 5.91. The fraction of sp³-hybridized carbons (Fsp3) is 0.231. The van der Waals surface area contributed by atoms with E-state index in [0.717, 1.165) is 57.7 Å². The van der Waals surface area contributed by atoms with E-state index in [1.54, 1.807) is 18.6 Å². The third-order valence-corrected chi connectivity index (χ3v) is 6.82. The molecular weight excluding hydrogens is 440 g/mol. The second-order valence-electron chi connectivity index (χ2n) is 9.00. The summed E-state index contributed by atoms with van der Waals surface area (Å²) in [4.78, 5) is 31.7. The van der Waals surface area contributed by atoms with Crippen LogP contribution in [0.5, 0.6) is 0 Å². The predicted octanol–water partition coefficient (Wildman–Crippen LogP) is 4.57. The van der Waals surface area contributed by atoms with Gasteiger partial charge in [-0.2, -0.15) is 0 Å². The average molecular weight is 467 g/mol. The van der Waals surface area contributed by atoms with Crippen LogP contribution in [0.4, 0.5) is 16.3 Å². The Morgan fingerprint density at radius 1 is 1.17 bits per heavy atom. The number of nitrogens with zero attached hydrogens (tertiary/aromatic N) is 5. The minimum absolute atomic E-state index is 0.0975. The first-order valence-corrected chi connectivity index (χ1v) is 11.8. The zero-order chi connectivity index (χ0) is 23.9. The maximum atomic E-state index is 12.8. The number of nitrogens with two attached hydrogens (primary N) is 1. The lowest BCUT2D eigenvalue weighted by Gasteiger charge is -2.31. The highest BCUT2D eigenvalue weighted by atomic mass is 16.2. The molecule has 1 aliphatic rings. The first-order valence-electron chi connectivity index (χ1n) is 11.8. The van der Waals surface area contributed by atoms with Crippen molar-refractivity contribution in [3.8, 4) is 11.4 Å². The highest BCUT2D eigenvalue weighted by Crippen LogP contribution is 2.35. The molecule has 4 N–H and O–H groups in total. The van der Waals surface area contributed by atoms with Crippen LogP contribution in [0.1, 0.15) is 30.1 Å². The van der Waals surface area contributed by atoms with Crippen molar-refractivity contribution in [2.24, 2.45) is 0 Å². The SMILES string of the molecule is Cc1ccncc1NC(=O)N1CCC(c2nc(-c3cc4ccccc4[nH]3)c3c(N)nccn23)CC1. The number of aromatic amines is 1. The zero-order valence-electron chi connectivity index (χ0n) is 19.4. The summed E-state index contributed by atoms with van der Waals surface area (Å²) in [6.07, 6.45) is 8.66. The molecule has 5 heterocycles. The highest BCUT2D eigenvalue weighted by Gasteiger charge is 2.29. The maximum absolute atomic E-state index is 12.8. The fourth-order valence-electron chi connectivity index (χ4n) is 4.89. The number of benzene rings is 1. The molecule has 176 valence electrons. The molecule has 1 fully saturated rings. The van der Waals surface area contributed by atoms with E-state index in [0.29, 0.717) is 18.9 Å². The van der Waals surface area contributed by atoms with Crippen LogP contribution in [-0.4, -0.2) is 48.4 Å². The number of hydrogen-bond donors (Lipinski definition) is 3. The lowest BCUT2D eigenvalue weighted by Crippen LogP contribution is -2.41. The van der Waals surface area contributed by atoms with E-state index in [1.807, 2.05) is 42.3 Å². The fourth-order valence-corrected chi connectivity index (χ4v) is 4.89. The molecule has 0 saturated carbocycles. The van der Waals surface area contributed by atoms with Crippen LogP contribution in [0.3, 0.4) is 0 Å². The van der Waals surface area contributed by atoms with E-state index in [1.165, 1.54) is 0 Å². The summed E-state index contributed by atoms with van der Waals surface area (Å²) in [7, 11) is 0. The number of anilines is 2. The van der Waals surface area contributed by atoms with Gasteiger partial charge in [0, 0.05) is 48.5 Å². The van der Waals surface area contributed by atoms with Gasteiger partial charge in [0.1, 0.15) is 22.9 Å². The van der Waals surface area contributed by atoms with E-state index in [2.05, 4.69) is 36.8 Å². The van der Waals surface area contributed by atoms with Crippen molar-refractivity contribution in [1.82, 2.24) is 29.2 Å². The molecule has 0 aliphatic carbocycles. The summed E-state index contributed by atoms with van der Waals surface area (Å²) in [5.41, 5.74) is 11.6. The lowest BCUT2D eigenvalue weighted by atomic mass is 9.96. The zero-order valence-corrected chi connectivity index (χ0v) is 19.4. The van der Waals surface area contributed by atoms with Crippen molar-refractivity contribution in [2.45, 2.75) is 25.7 Å². The molecular formula is C26H26N8O. The lowest BCUT2D eigenvalue weighted by molar-refractivity contribution is 0.193. The Balaban J connectivity index is 1.27. The second kappa shape index (κ2) is 8.43. The summed E-state index contributed by atoms with van der Waals surface area (Å²) in [5.74, 6) is 1.60. The van der Waals surface area contributed by atoms with Gasteiger partial charge in [0.25, 0.3) is 0 Å². The van der Waals surface area contributed by atoms with Crippen LogP contribution in [0, 0.1) is 6.92 Å². The number of amides is 2. The molecule has 1 saturated heterocycles. The van der Waals surface area contributed by atoms with Gasteiger partial charge in [-0.3, -0.25) is 9.38 Å². The number of aryl methyl sites for hydroxylation is 1. The van der Waals surface area contributed by atoms with Crippen molar-refractivity contribution >= 4 is 34.0 Å². The minimum Gasteiger partial charge on any atom is -0.382 e. The van der Waals surface area contributed by atoms with Crippen molar-refractivity contribution in [1.29, 1.82) is 0 Å². The Morgan fingerprint density at radius 2 is 2.00 bits per heavy atom. The molecule has 9 heteroatoms. The maximum Gasteiger partial charge on any atom is 0.321 e. The number of H-pyrrole nitrogens is 1. The number of pyridine rings is 1. The molecule has 0 bridgehead atoms. The molecule has 35 heavy (non-hydrogen) atoms. The molecule has 9 nitrogen and oxygen atoms in total. The van der Waals surface area contributed by atoms with Gasteiger partial charge in [0.2, 0.25) is 0 Å². The summed E-state index contributed by atoms with van der Waals surface area (Å²) < 4.78 is 2.06. The number of likely N-dealkylation sites (tertiary alicyclic amines) is 1. The normalized spacial score (nSPS) is 14.6. The number of rotatable bonds is 3. The molecule has 0 unspecified atom stereocenters. The number of hydrogen-bond acceptors (Lipinski definition) is 5. The third-order valence-electron chi connectivity index (χ3n) is 6.82. The minimum atomic E-state index is -0.0975. The second-order valence-corrected chi connectivity index (χ2v) is 9.00. The van der Waals surface area contributed by atoms with Gasteiger partial charge in [-0.15, -0.1) is 0 Å². The molecule has 2 amide bonds. The van der Waals surface area contributed by atoms with Gasteiger partial charge in [-0.1, -0.05) is 18.2 Å². The van der Waals surface area contributed by atoms with Crippen LogP contribution in [-0.2, 0) is 0 Å². The molecule has 0 atom stereocenters. The number of nitrogens with one attached hydrogen (secondary N) is 2. The van der Waals surface area contributed by atoms with Crippen LogP contribution in [0.15, 0.2) is 61.2 Å². The van der Waals surface area contributed by atoms with E-state index in [-0.39, 0.29) is 11.9 Å². The number of piperidine rings is 1. The van der Waals surface area contributed by atoms with Crippen molar-refractivity contribution < 1.29 is 4.79 Å². The van der Waals surface area contributed by atoms with Gasteiger partial charge in [-0.05, 0) is 43.5 Å². The molecule has 4 aromatic heterocycles. The molecule has 6 rings (SSSR count). The topological polar surface area (TPSA) is 117 Å². The molecule has 0 radical (unpaired) electrons. The van der Waals surface area contributed by atoms with Crippen LogP contribution >= 0.6 is 0 Å². The summed E-state index contributed by atoms with van der Waals surface area (Å²) in [6, 6.07) is 12.0. The van der Waals surface area contributed by atoms with Crippen LogP contribution in [0.2, 0.25) is 0 Å². The number of nitrogen functional groups attached to an aromatic ring is 1. The van der Waals surface area contributed by atoms with Gasteiger partial charge in [-0.25, -0.2) is 14.8 Å². The van der Waals surface area contributed by atoms with Gasteiger partial charge in [0.05, 0.1) is 17.6 Å². The van der Waals surface area contributed by atoms with Crippen molar-refractivity contribution in [3.63, 3.8) is 0 Å². The number of carbonyl (C=O) groups is 1. The predicted molar refractivity (Wildman–Crippen MR) is 136 cm³/mol. The Bertz CT molecular complexity index is 1510. The summed E-state index contributed by atoms with van der Waals surface area (Å²) in [5, 5.41) is 4.11. The summed E-state index contributed by atoms with van der Waals surface area (Å²) >= 11 is 0. The largest absolute Gasteiger partial charge is 0.382 e. The van der Waals surface area contributed by atoms with E-state index in [9.17, 15) is 4.79 Å². The molecule has 1 aromatic carbocycles. The third kappa shape index (κ3) is 3.74. The standard InChI is InChI=1S/C26H26N8O/c1-16-6-9-28-15-21(16)31-26(35)33-11-7-17(8-12-33)25-32-22(23-24(27)29-10-13-34(23)25)20-14-18-4-2-3-5-19(18)30-20/h2-6,9-10,13-15,17,30H,7-8,11-12H2,1H3,(H2,27,29)(H,31,35). The quantitative estimate of drug-likeness (QED) is 0.360. The van der Waals surface area contributed by atoms with E-state index >= 15 is 0 Å². The average Bonchev–Trinajstić information content (AvgIpc) is 3.48. The Kier molecular flexibility index (Phi) is 5.09. The Morgan fingerprint density at radius 3 is 2.80 bits per heavy atom. The number of para-hydroxylation sites is 1. The van der Waals surface area contributed by atoms with E-state index < -0.39 is 0 Å². The number of fused-ring (bicyclic) bond motifs is 2. The molecule has 0 spiro atoms. The van der Waals surface area contributed by atoms with Gasteiger partial charge in [0.15, 0.2) is 0 Å². The number of carbonyl (C=O) groups excluding carboxylic acids is 1. The Hall–Kier alpha value is -4.40. The van der Waals surface area contributed by atoms with Crippen LogP contribution < -0.4 is 11.1 Å². The van der Waals surface area contributed by atoms with Crippen molar-refractivity contribution in [2.75, 3.05) is 24.1 Å². The first-order chi connectivity index (χ1) is 17.1. The summed E-state index contributed by atoms with van der Waals surface area (Å²) in [6.45, 7) is 3.25. The Labute approximate surface area is 202 Å². The van der Waals surface area contributed by atoms with Crippen LogP contribution in [0.25, 0.3) is 27.8 Å².